The van der Waals surface area contributed by atoms with Gasteiger partial charge < -0.3 is 15.8 Å². The minimum absolute atomic E-state index is 0. The first kappa shape index (κ1) is 20.6. The van der Waals surface area contributed by atoms with Gasteiger partial charge in [0.25, 0.3) is 0 Å². The molecule has 1 atom stereocenters. The molecule has 0 bridgehead atoms. The lowest BCUT2D eigenvalue weighted by atomic mass is 9.96. The fraction of sp³-hybridized carbons (Fsp3) is 0.917. The van der Waals surface area contributed by atoms with Gasteiger partial charge in [0.2, 0.25) is 15.9 Å². The third-order valence-corrected chi connectivity index (χ3v) is 4.77. The van der Waals surface area contributed by atoms with E-state index in [0.29, 0.717) is 19.1 Å². The molecule has 7 nitrogen and oxygen atoms in total. The minimum atomic E-state index is -3.48. The van der Waals surface area contributed by atoms with Gasteiger partial charge in [0, 0.05) is 13.2 Å². The van der Waals surface area contributed by atoms with Gasteiger partial charge in [-0.1, -0.05) is 0 Å². The van der Waals surface area contributed by atoms with Crippen LogP contribution in [-0.4, -0.2) is 51.9 Å². The lowest BCUT2D eigenvalue weighted by Gasteiger charge is -2.29. The molecule has 0 aromatic carbocycles. The molecule has 0 spiro atoms. The molecule has 0 aromatic rings. The Morgan fingerprint density at radius 3 is 2.52 bits per heavy atom. The zero-order chi connectivity index (χ0) is 15.2. The van der Waals surface area contributed by atoms with Crippen LogP contribution in [-0.2, 0) is 19.6 Å². The lowest BCUT2D eigenvalue weighted by molar-refractivity contribution is -0.121. The van der Waals surface area contributed by atoms with Gasteiger partial charge in [0.15, 0.2) is 0 Å². The van der Waals surface area contributed by atoms with E-state index in [-0.39, 0.29) is 37.2 Å². The summed E-state index contributed by atoms with van der Waals surface area (Å²) in [5, 5.41) is 2.82. The molecular weight excluding hydrogens is 318 g/mol. The Balaban J connectivity index is 0.00000400. The Morgan fingerprint density at radius 2 is 2.05 bits per heavy atom. The van der Waals surface area contributed by atoms with Crippen molar-refractivity contribution >= 4 is 28.3 Å². The first-order valence-corrected chi connectivity index (χ1v) is 8.54. The summed E-state index contributed by atoms with van der Waals surface area (Å²) >= 11 is 0. The number of nitrogens with two attached hydrogens (primary N) is 1. The van der Waals surface area contributed by atoms with Crippen molar-refractivity contribution in [1.82, 2.24) is 10.0 Å². The standard InChI is InChI=1S/C12H25N3O4S.ClH/c1-3-19-6-7-20(17,18)14-8-11(16)15-12(2,9-13)10-4-5-10;/h10,14H,3-9,13H2,1-2H3,(H,15,16);1H. The normalized spacial score (nSPS) is 17.7. The highest BCUT2D eigenvalue weighted by atomic mass is 35.5. The molecule has 21 heavy (non-hydrogen) atoms. The van der Waals surface area contributed by atoms with E-state index in [2.05, 4.69) is 10.0 Å². The SMILES string of the molecule is CCOCCS(=O)(=O)NCC(=O)NC(C)(CN)C1CC1.Cl. The van der Waals surface area contributed by atoms with Crippen molar-refractivity contribution in [2.24, 2.45) is 11.7 Å². The van der Waals surface area contributed by atoms with Crippen LogP contribution in [0, 0.1) is 5.92 Å². The molecular formula is C12H26ClN3O4S. The van der Waals surface area contributed by atoms with Gasteiger partial charge in [0.1, 0.15) is 0 Å². The quantitative estimate of drug-likeness (QED) is 0.468. The molecule has 1 amide bonds. The molecule has 1 rings (SSSR count). The maximum Gasteiger partial charge on any atom is 0.235 e. The molecule has 1 aliphatic rings. The summed E-state index contributed by atoms with van der Waals surface area (Å²) in [6.45, 7) is 4.35. The molecule has 1 fully saturated rings. The first-order valence-electron chi connectivity index (χ1n) is 6.89. The molecule has 0 saturated heterocycles. The van der Waals surface area contributed by atoms with Gasteiger partial charge in [-0.05, 0) is 32.6 Å². The van der Waals surface area contributed by atoms with E-state index in [1.165, 1.54) is 0 Å². The van der Waals surface area contributed by atoms with Crippen LogP contribution in [0.25, 0.3) is 0 Å². The molecule has 0 radical (unpaired) electrons. The summed E-state index contributed by atoms with van der Waals surface area (Å²) in [4.78, 5) is 11.8. The molecule has 126 valence electrons. The van der Waals surface area contributed by atoms with E-state index in [9.17, 15) is 13.2 Å². The second-order valence-corrected chi connectivity index (χ2v) is 7.21. The summed E-state index contributed by atoms with van der Waals surface area (Å²) in [5.41, 5.74) is 5.25. The predicted molar refractivity (Wildman–Crippen MR) is 83.9 cm³/mol. The summed E-state index contributed by atoms with van der Waals surface area (Å²) in [6, 6.07) is 0. The van der Waals surface area contributed by atoms with Crippen LogP contribution in [0.2, 0.25) is 0 Å². The van der Waals surface area contributed by atoms with Crippen LogP contribution >= 0.6 is 12.4 Å². The van der Waals surface area contributed by atoms with E-state index >= 15 is 0 Å². The number of carbonyl (C=O) groups excluding carboxylic acids is 1. The molecule has 0 aromatic heterocycles. The van der Waals surface area contributed by atoms with Crippen LogP contribution in [0.1, 0.15) is 26.7 Å². The zero-order valence-electron chi connectivity index (χ0n) is 12.6. The number of ether oxygens (including phenoxy) is 1. The average Bonchev–Trinajstić information content (AvgIpc) is 3.21. The third kappa shape index (κ3) is 7.42. The molecule has 0 heterocycles. The number of halogens is 1. The summed E-state index contributed by atoms with van der Waals surface area (Å²) in [7, 11) is -3.48. The van der Waals surface area contributed by atoms with Gasteiger partial charge in [-0.25, -0.2) is 13.1 Å². The van der Waals surface area contributed by atoms with Crippen LogP contribution in [0.4, 0.5) is 0 Å². The highest BCUT2D eigenvalue weighted by Crippen LogP contribution is 2.38. The second-order valence-electron chi connectivity index (χ2n) is 5.28. The largest absolute Gasteiger partial charge is 0.381 e. The van der Waals surface area contributed by atoms with E-state index in [1.807, 2.05) is 6.92 Å². The zero-order valence-corrected chi connectivity index (χ0v) is 14.2. The fourth-order valence-corrected chi connectivity index (χ4v) is 2.80. The van der Waals surface area contributed by atoms with Gasteiger partial charge in [0.05, 0.1) is 24.4 Å². The highest BCUT2D eigenvalue weighted by Gasteiger charge is 2.41. The summed E-state index contributed by atoms with van der Waals surface area (Å²) in [6.07, 6.45) is 2.10. The molecule has 0 aliphatic heterocycles. The van der Waals surface area contributed by atoms with Crippen LogP contribution in [0.5, 0.6) is 0 Å². The Labute approximate surface area is 132 Å². The van der Waals surface area contributed by atoms with Crippen LogP contribution in [0.3, 0.4) is 0 Å². The Kier molecular flexibility index (Phi) is 8.72. The number of rotatable bonds is 10. The van der Waals surface area contributed by atoms with Crippen molar-refractivity contribution < 1.29 is 17.9 Å². The average molecular weight is 344 g/mol. The van der Waals surface area contributed by atoms with Crippen molar-refractivity contribution in [3.8, 4) is 0 Å². The van der Waals surface area contributed by atoms with E-state index < -0.39 is 15.6 Å². The fourth-order valence-electron chi connectivity index (χ4n) is 1.96. The lowest BCUT2D eigenvalue weighted by Crippen LogP contribution is -2.55. The second kappa shape index (κ2) is 8.89. The van der Waals surface area contributed by atoms with Crippen molar-refractivity contribution in [2.45, 2.75) is 32.2 Å². The Hall–Kier alpha value is -0.410. The topological polar surface area (TPSA) is 111 Å². The van der Waals surface area contributed by atoms with Crippen LogP contribution < -0.4 is 15.8 Å². The first-order chi connectivity index (χ1) is 9.33. The molecule has 4 N–H and O–H groups in total. The number of nitrogens with one attached hydrogen (secondary N) is 2. The van der Waals surface area contributed by atoms with E-state index in [4.69, 9.17) is 10.5 Å². The molecule has 1 aliphatic carbocycles. The van der Waals surface area contributed by atoms with Gasteiger partial charge in [-0.2, -0.15) is 0 Å². The maximum absolute atomic E-state index is 11.8. The van der Waals surface area contributed by atoms with E-state index in [0.717, 1.165) is 12.8 Å². The number of sulfonamides is 1. The smallest absolute Gasteiger partial charge is 0.235 e. The predicted octanol–water partition coefficient (Wildman–Crippen LogP) is -0.392. The summed E-state index contributed by atoms with van der Waals surface area (Å²) in [5.74, 6) is -0.110. The number of amides is 1. The van der Waals surface area contributed by atoms with Gasteiger partial charge in [-0.15, -0.1) is 12.4 Å². The molecule has 9 heteroatoms. The van der Waals surface area contributed by atoms with Crippen molar-refractivity contribution in [3.63, 3.8) is 0 Å². The summed E-state index contributed by atoms with van der Waals surface area (Å²) < 4.78 is 30.4. The van der Waals surface area contributed by atoms with Crippen molar-refractivity contribution in [3.05, 3.63) is 0 Å². The van der Waals surface area contributed by atoms with E-state index in [1.54, 1.807) is 6.92 Å². The molecule has 1 saturated carbocycles. The number of hydrogen-bond donors (Lipinski definition) is 3. The van der Waals surface area contributed by atoms with Gasteiger partial charge in [-0.3, -0.25) is 4.79 Å². The third-order valence-electron chi connectivity index (χ3n) is 3.48. The van der Waals surface area contributed by atoms with Crippen LogP contribution in [0.15, 0.2) is 0 Å². The molecule has 1 unspecified atom stereocenters. The Bertz CT molecular complexity index is 428. The number of carbonyl (C=O) groups is 1. The monoisotopic (exact) mass is 343 g/mol. The maximum atomic E-state index is 11.8. The van der Waals surface area contributed by atoms with Crippen molar-refractivity contribution in [1.29, 1.82) is 0 Å². The van der Waals surface area contributed by atoms with Crippen molar-refractivity contribution in [2.75, 3.05) is 32.1 Å². The minimum Gasteiger partial charge on any atom is -0.381 e. The number of hydrogen-bond acceptors (Lipinski definition) is 5. The highest BCUT2D eigenvalue weighted by molar-refractivity contribution is 7.89. The Morgan fingerprint density at radius 1 is 1.43 bits per heavy atom. The van der Waals surface area contributed by atoms with Gasteiger partial charge >= 0.3 is 0 Å².